The van der Waals surface area contributed by atoms with Gasteiger partial charge in [0.2, 0.25) is 0 Å². The number of nitrogens with zero attached hydrogens (tertiary/aromatic N) is 2. The van der Waals surface area contributed by atoms with Crippen molar-refractivity contribution in [1.82, 2.24) is 15.1 Å². The number of carbonyl (C=O) groups excluding carboxylic acids is 1. The van der Waals surface area contributed by atoms with Crippen molar-refractivity contribution < 1.29 is 4.79 Å². The van der Waals surface area contributed by atoms with Gasteiger partial charge in [-0.2, -0.15) is 0 Å². The predicted octanol–water partition coefficient (Wildman–Crippen LogP) is 4.44. The van der Waals surface area contributed by atoms with Gasteiger partial charge in [-0.15, -0.1) is 0 Å². The zero-order valence-electron chi connectivity index (χ0n) is 18.3. The molecule has 1 N–H and O–H groups in total. The fourth-order valence-electron chi connectivity index (χ4n) is 4.49. The topological polar surface area (TPSA) is 35.6 Å². The number of rotatable bonds is 7. The first kappa shape index (κ1) is 21.1. The molecule has 2 aliphatic rings. The fourth-order valence-corrected chi connectivity index (χ4v) is 4.49. The molecule has 0 radical (unpaired) electrons. The number of benzene rings is 2. The van der Waals surface area contributed by atoms with Crippen LogP contribution in [0.3, 0.4) is 0 Å². The molecule has 0 aromatic heterocycles. The summed E-state index contributed by atoms with van der Waals surface area (Å²) >= 11 is 0. The van der Waals surface area contributed by atoms with Crippen molar-refractivity contribution in [2.45, 2.75) is 52.2 Å². The van der Waals surface area contributed by atoms with E-state index in [0.717, 1.165) is 30.1 Å². The van der Waals surface area contributed by atoms with E-state index in [1.54, 1.807) is 0 Å². The largest absolute Gasteiger partial charge is 0.348 e. The lowest BCUT2D eigenvalue weighted by Gasteiger charge is -2.30. The molecule has 4 heteroatoms. The quantitative estimate of drug-likeness (QED) is 0.739. The molecule has 0 bridgehead atoms. The van der Waals surface area contributed by atoms with Crippen LogP contribution in [0.4, 0.5) is 0 Å². The summed E-state index contributed by atoms with van der Waals surface area (Å²) in [6.07, 6.45) is 5.23. The number of carbonyl (C=O) groups is 1. The molecule has 2 aliphatic heterocycles. The van der Waals surface area contributed by atoms with Gasteiger partial charge in [0.25, 0.3) is 5.91 Å². The van der Waals surface area contributed by atoms with E-state index >= 15 is 0 Å². The van der Waals surface area contributed by atoms with Crippen molar-refractivity contribution in [1.29, 1.82) is 0 Å². The smallest absolute Gasteiger partial charge is 0.251 e. The number of hydrogen-bond acceptors (Lipinski definition) is 3. The first-order valence-corrected chi connectivity index (χ1v) is 11.6. The molecule has 0 aliphatic carbocycles. The number of amides is 1. The standard InChI is InChI=1S/C26H35N3O/c1-21-12-16-29(17-13-21)20-23-6-4-22(5-7-23)18-27-26(30)25-10-8-24(9-11-25)19-28-14-2-3-15-28/h4-11,21H,2-3,12-20H2,1H3,(H,27,30). The van der Waals surface area contributed by atoms with E-state index in [0.29, 0.717) is 6.54 Å². The minimum atomic E-state index is -0.00534. The second-order valence-corrected chi connectivity index (χ2v) is 9.14. The van der Waals surface area contributed by atoms with Gasteiger partial charge in [-0.25, -0.2) is 0 Å². The van der Waals surface area contributed by atoms with E-state index in [4.69, 9.17) is 0 Å². The Labute approximate surface area is 181 Å². The van der Waals surface area contributed by atoms with Gasteiger partial charge >= 0.3 is 0 Å². The molecule has 2 saturated heterocycles. The van der Waals surface area contributed by atoms with Gasteiger partial charge < -0.3 is 5.32 Å². The van der Waals surface area contributed by atoms with E-state index in [9.17, 15) is 4.79 Å². The van der Waals surface area contributed by atoms with Crippen LogP contribution in [0.2, 0.25) is 0 Å². The van der Waals surface area contributed by atoms with Crippen LogP contribution in [0.15, 0.2) is 48.5 Å². The van der Waals surface area contributed by atoms with Crippen molar-refractivity contribution in [2.75, 3.05) is 26.2 Å². The lowest BCUT2D eigenvalue weighted by Crippen LogP contribution is -2.32. The Morgan fingerprint density at radius 3 is 1.90 bits per heavy atom. The molecule has 4 nitrogen and oxygen atoms in total. The Morgan fingerprint density at radius 2 is 1.30 bits per heavy atom. The highest BCUT2D eigenvalue weighted by Crippen LogP contribution is 2.18. The average Bonchev–Trinajstić information content (AvgIpc) is 3.28. The van der Waals surface area contributed by atoms with Gasteiger partial charge in [0.05, 0.1) is 0 Å². The Morgan fingerprint density at radius 1 is 0.800 bits per heavy atom. The van der Waals surface area contributed by atoms with Crippen LogP contribution in [0.1, 0.15) is 59.7 Å². The molecule has 0 atom stereocenters. The second-order valence-electron chi connectivity index (χ2n) is 9.14. The summed E-state index contributed by atoms with van der Waals surface area (Å²) in [6, 6.07) is 16.8. The van der Waals surface area contributed by atoms with Crippen molar-refractivity contribution >= 4 is 5.91 Å². The lowest BCUT2D eigenvalue weighted by molar-refractivity contribution is 0.0951. The molecule has 30 heavy (non-hydrogen) atoms. The highest BCUT2D eigenvalue weighted by atomic mass is 16.1. The Balaban J connectivity index is 1.23. The van der Waals surface area contributed by atoms with Crippen LogP contribution in [-0.2, 0) is 19.6 Å². The molecule has 0 unspecified atom stereocenters. The molecule has 0 saturated carbocycles. The molecule has 2 fully saturated rings. The molecule has 4 rings (SSSR count). The number of piperidine rings is 1. The normalized spacial score (nSPS) is 18.6. The molecule has 2 aromatic carbocycles. The minimum absolute atomic E-state index is 0.00534. The zero-order chi connectivity index (χ0) is 20.8. The summed E-state index contributed by atoms with van der Waals surface area (Å²) in [5.74, 6) is 0.864. The van der Waals surface area contributed by atoms with Gasteiger partial charge in [0.15, 0.2) is 0 Å². The van der Waals surface area contributed by atoms with Crippen LogP contribution >= 0.6 is 0 Å². The third-order valence-corrected chi connectivity index (χ3v) is 6.58. The van der Waals surface area contributed by atoms with Crippen LogP contribution in [0.5, 0.6) is 0 Å². The molecule has 1 amide bonds. The number of hydrogen-bond donors (Lipinski definition) is 1. The average molecular weight is 406 g/mol. The fraction of sp³-hybridized carbons (Fsp3) is 0.500. The number of likely N-dealkylation sites (tertiary alicyclic amines) is 2. The Hall–Kier alpha value is -2.17. The van der Waals surface area contributed by atoms with E-state index in [1.807, 2.05) is 12.1 Å². The molecule has 0 spiro atoms. The van der Waals surface area contributed by atoms with Crippen molar-refractivity contribution in [3.8, 4) is 0 Å². The predicted molar refractivity (Wildman–Crippen MR) is 122 cm³/mol. The van der Waals surface area contributed by atoms with Gasteiger partial charge in [-0.05, 0) is 86.6 Å². The monoisotopic (exact) mass is 405 g/mol. The molecular formula is C26H35N3O. The molecule has 160 valence electrons. The summed E-state index contributed by atoms with van der Waals surface area (Å²) in [4.78, 5) is 17.5. The van der Waals surface area contributed by atoms with Crippen LogP contribution in [-0.4, -0.2) is 41.9 Å². The maximum atomic E-state index is 12.5. The van der Waals surface area contributed by atoms with Crippen LogP contribution < -0.4 is 5.32 Å². The third-order valence-electron chi connectivity index (χ3n) is 6.58. The molecular weight excluding hydrogens is 370 g/mol. The molecule has 2 heterocycles. The molecule has 2 aromatic rings. The van der Waals surface area contributed by atoms with Gasteiger partial charge in [0, 0.05) is 25.2 Å². The van der Waals surface area contributed by atoms with E-state index < -0.39 is 0 Å². The second kappa shape index (κ2) is 10.2. The summed E-state index contributed by atoms with van der Waals surface area (Å²) in [5.41, 5.74) is 4.52. The first-order valence-electron chi connectivity index (χ1n) is 11.6. The van der Waals surface area contributed by atoms with Crippen molar-refractivity contribution in [3.63, 3.8) is 0 Å². The highest BCUT2D eigenvalue weighted by molar-refractivity contribution is 5.94. The van der Waals surface area contributed by atoms with Crippen molar-refractivity contribution in [3.05, 3.63) is 70.8 Å². The SMILES string of the molecule is CC1CCN(Cc2ccc(CNC(=O)c3ccc(CN4CCCC4)cc3)cc2)CC1. The Bertz CT molecular complexity index is 801. The Kier molecular flexibility index (Phi) is 7.19. The van der Waals surface area contributed by atoms with Crippen LogP contribution in [0.25, 0.3) is 0 Å². The van der Waals surface area contributed by atoms with Gasteiger partial charge in [-0.3, -0.25) is 14.6 Å². The summed E-state index contributed by atoms with van der Waals surface area (Å²) in [7, 11) is 0. The van der Waals surface area contributed by atoms with Gasteiger partial charge in [-0.1, -0.05) is 43.3 Å². The lowest BCUT2D eigenvalue weighted by atomic mass is 9.99. The maximum Gasteiger partial charge on any atom is 0.251 e. The third kappa shape index (κ3) is 5.93. The number of nitrogens with one attached hydrogen (secondary N) is 1. The summed E-state index contributed by atoms with van der Waals surface area (Å²) in [6.45, 7) is 9.73. The minimum Gasteiger partial charge on any atom is -0.348 e. The van der Waals surface area contributed by atoms with E-state index in [2.05, 4.69) is 58.4 Å². The maximum absolute atomic E-state index is 12.5. The van der Waals surface area contributed by atoms with Gasteiger partial charge in [0.1, 0.15) is 0 Å². The first-order chi connectivity index (χ1) is 14.7. The van der Waals surface area contributed by atoms with Crippen LogP contribution in [0, 0.1) is 5.92 Å². The van der Waals surface area contributed by atoms with Crippen molar-refractivity contribution in [2.24, 2.45) is 5.92 Å². The van der Waals surface area contributed by atoms with E-state index in [1.165, 1.54) is 63.0 Å². The zero-order valence-corrected chi connectivity index (χ0v) is 18.3. The summed E-state index contributed by atoms with van der Waals surface area (Å²) < 4.78 is 0. The summed E-state index contributed by atoms with van der Waals surface area (Å²) in [5, 5.41) is 3.05. The van der Waals surface area contributed by atoms with E-state index in [-0.39, 0.29) is 5.91 Å². The highest BCUT2D eigenvalue weighted by Gasteiger charge is 2.15.